The summed E-state index contributed by atoms with van der Waals surface area (Å²) in [4.78, 5) is 14.5. The van der Waals surface area contributed by atoms with Crippen LogP contribution in [0.4, 0.5) is 4.39 Å². The topological polar surface area (TPSA) is 65.1 Å². The van der Waals surface area contributed by atoms with E-state index in [4.69, 9.17) is 11.6 Å². The van der Waals surface area contributed by atoms with Crippen molar-refractivity contribution in [3.05, 3.63) is 58.6 Å². The van der Waals surface area contributed by atoms with Gasteiger partial charge in [0.15, 0.2) is 0 Å². The van der Waals surface area contributed by atoms with Gasteiger partial charge in [0.1, 0.15) is 5.82 Å². The molecule has 0 aliphatic heterocycles. The van der Waals surface area contributed by atoms with Crippen LogP contribution in [0.5, 0.6) is 0 Å². The van der Waals surface area contributed by atoms with E-state index in [1.54, 1.807) is 18.3 Å². The van der Waals surface area contributed by atoms with Gasteiger partial charge in [0.05, 0.1) is 17.5 Å². The summed E-state index contributed by atoms with van der Waals surface area (Å²) in [6, 6.07) is 7.64. The minimum Gasteiger partial charge on any atom is -0.387 e. The highest BCUT2D eigenvalue weighted by Gasteiger charge is 2.12. The molecule has 1 amide bonds. The first kappa shape index (κ1) is 14.6. The fourth-order valence-corrected chi connectivity index (χ4v) is 1.88. The molecule has 106 valence electrons. The second kappa shape index (κ2) is 6.54. The van der Waals surface area contributed by atoms with Crippen LogP contribution in [0.3, 0.4) is 0 Å². The van der Waals surface area contributed by atoms with Crippen molar-refractivity contribution in [2.45, 2.75) is 12.5 Å². The van der Waals surface area contributed by atoms with Crippen LogP contribution in [0.15, 0.2) is 36.5 Å². The number of H-pyrrole nitrogens is 1. The number of rotatable bonds is 5. The molecule has 1 aromatic carbocycles. The molecule has 4 nitrogen and oxygen atoms in total. The number of carbonyl (C=O) groups excluding carboxylic acids is 1. The van der Waals surface area contributed by atoms with Crippen LogP contribution in [-0.2, 0) is 11.2 Å². The Morgan fingerprint density at radius 2 is 2.25 bits per heavy atom. The maximum Gasteiger partial charge on any atom is 0.226 e. The monoisotopic (exact) mass is 296 g/mol. The predicted octanol–water partition coefficient (Wildman–Crippen LogP) is 2.20. The molecule has 1 unspecified atom stereocenters. The molecule has 1 aromatic heterocycles. The molecular formula is C14H14ClFN2O2. The first-order chi connectivity index (χ1) is 9.56. The van der Waals surface area contributed by atoms with Gasteiger partial charge in [-0.2, -0.15) is 0 Å². The number of halogens is 2. The summed E-state index contributed by atoms with van der Waals surface area (Å²) >= 11 is 5.56. The highest BCUT2D eigenvalue weighted by atomic mass is 35.5. The Kier molecular flexibility index (Phi) is 4.76. The third-order valence-electron chi connectivity index (χ3n) is 2.83. The lowest BCUT2D eigenvalue weighted by Crippen LogP contribution is -2.29. The zero-order valence-electron chi connectivity index (χ0n) is 10.6. The Morgan fingerprint density at radius 3 is 2.90 bits per heavy atom. The van der Waals surface area contributed by atoms with Gasteiger partial charge in [0.25, 0.3) is 0 Å². The largest absolute Gasteiger partial charge is 0.387 e. The Hall–Kier alpha value is -1.85. The predicted molar refractivity (Wildman–Crippen MR) is 73.9 cm³/mol. The first-order valence-corrected chi connectivity index (χ1v) is 6.46. The molecule has 0 saturated heterocycles. The van der Waals surface area contributed by atoms with Crippen molar-refractivity contribution in [3.63, 3.8) is 0 Å². The number of amides is 1. The van der Waals surface area contributed by atoms with Crippen LogP contribution in [0.1, 0.15) is 17.4 Å². The summed E-state index contributed by atoms with van der Waals surface area (Å²) < 4.78 is 13.3. The Bertz CT molecular complexity index is 587. The van der Waals surface area contributed by atoms with E-state index in [-0.39, 0.29) is 23.9 Å². The summed E-state index contributed by atoms with van der Waals surface area (Å²) in [6.45, 7) is 0.0145. The van der Waals surface area contributed by atoms with E-state index < -0.39 is 11.9 Å². The van der Waals surface area contributed by atoms with E-state index in [0.717, 1.165) is 11.8 Å². The van der Waals surface area contributed by atoms with Gasteiger partial charge in [-0.05, 0) is 29.8 Å². The Morgan fingerprint density at radius 1 is 1.45 bits per heavy atom. The maximum atomic E-state index is 13.3. The summed E-state index contributed by atoms with van der Waals surface area (Å²) in [5, 5.41) is 12.5. The number of carbonyl (C=O) groups is 1. The molecule has 3 N–H and O–H groups in total. The van der Waals surface area contributed by atoms with Crippen LogP contribution < -0.4 is 5.32 Å². The van der Waals surface area contributed by atoms with Gasteiger partial charge in [0.2, 0.25) is 5.91 Å². The van der Waals surface area contributed by atoms with E-state index in [2.05, 4.69) is 10.3 Å². The molecular weight excluding hydrogens is 283 g/mol. The van der Waals surface area contributed by atoms with E-state index in [0.29, 0.717) is 5.56 Å². The van der Waals surface area contributed by atoms with Crippen molar-refractivity contribution in [2.75, 3.05) is 6.54 Å². The number of hydrogen-bond donors (Lipinski definition) is 3. The molecule has 6 heteroatoms. The average Bonchev–Trinajstić information content (AvgIpc) is 2.92. The van der Waals surface area contributed by atoms with Crippen molar-refractivity contribution in [3.8, 4) is 0 Å². The number of aliphatic hydroxyl groups excluding tert-OH is 1. The van der Waals surface area contributed by atoms with Crippen molar-refractivity contribution >= 4 is 17.5 Å². The third kappa shape index (κ3) is 3.82. The lowest BCUT2D eigenvalue weighted by atomic mass is 10.1. The minimum atomic E-state index is -0.977. The number of aromatic amines is 1. The summed E-state index contributed by atoms with van der Waals surface area (Å²) in [5.74, 6) is -0.818. The fraction of sp³-hybridized carbons (Fsp3) is 0.214. The molecule has 0 aliphatic carbocycles. The lowest BCUT2D eigenvalue weighted by molar-refractivity contribution is -0.120. The first-order valence-electron chi connectivity index (χ1n) is 6.08. The molecule has 0 bridgehead atoms. The van der Waals surface area contributed by atoms with E-state index in [1.165, 1.54) is 12.1 Å². The van der Waals surface area contributed by atoms with Gasteiger partial charge in [-0.3, -0.25) is 4.79 Å². The highest BCUT2D eigenvalue weighted by Crippen LogP contribution is 2.19. The number of nitrogens with one attached hydrogen (secondary N) is 2. The van der Waals surface area contributed by atoms with Crippen LogP contribution in [-0.4, -0.2) is 22.5 Å². The Labute approximate surface area is 120 Å². The number of aromatic nitrogens is 1. The van der Waals surface area contributed by atoms with E-state index >= 15 is 0 Å². The number of aliphatic hydroxyl groups is 1. The molecule has 0 spiro atoms. The normalized spacial score (nSPS) is 12.2. The second-order valence-corrected chi connectivity index (χ2v) is 4.77. The molecule has 2 rings (SSSR count). The van der Waals surface area contributed by atoms with Crippen molar-refractivity contribution < 1.29 is 14.3 Å². The van der Waals surface area contributed by atoms with Gasteiger partial charge in [-0.15, -0.1) is 0 Å². The summed E-state index contributed by atoms with van der Waals surface area (Å²) in [6.07, 6.45) is 0.956. The highest BCUT2D eigenvalue weighted by molar-refractivity contribution is 6.30. The SMILES string of the molecule is O=C(Cc1ccc[nH]1)NCC(O)c1ccc(Cl)c(F)c1. The van der Waals surface area contributed by atoms with E-state index in [9.17, 15) is 14.3 Å². The molecule has 0 saturated carbocycles. The van der Waals surface area contributed by atoms with Crippen LogP contribution in [0.2, 0.25) is 5.02 Å². The zero-order valence-corrected chi connectivity index (χ0v) is 11.3. The van der Waals surface area contributed by atoms with Crippen LogP contribution >= 0.6 is 11.6 Å². The van der Waals surface area contributed by atoms with Crippen LogP contribution in [0, 0.1) is 5.82 Å². The zero-order chi connectivity index (χ0) is 14.5. The summed E-state index contributed by atoms with van der Waals surface area (Å²) in [7, 11) is 0. The second-order valence-electron chi connectivity index (χ2n) is 4.37. The molecule has 0 fully saturated rings. The molecule has 1 atom stereocenters. The number of hydrogen-bond acceptors (Lipinski definition) is 2. The fourth-order valence-electron chi connectivity index (χ4n) is 1.76. The number of benzene rings is 1. The average molecular weight is 297 g/mol. The quantitative estimate of drug-likeness (QED) is 0.792. The smallest absolute Gasteiger partial charge is 0.226 e. The van der Waals surface area contributed by atoms with Gasteiger partial charge in [0, 0.05) is 18.4 Å². The molecule has 2 aromatic rings. The minimum absolute atomic E-state index is 0.00303. The summed E-state index contributed by atoms with van der Waals surface area (Å²) in [5.41, 5.74) is 1.15. The van der Waals surface area contributed by atoms with Crippen LogP contribution in [0.25, 0.3) is 0 Å². The third-order valence-corrected chi connectivity index (χ3v) is 3.14. The maximum absolute atomic E-state index is 13.3. The molecule has 0 radical (unpaired) electrons. The van der Waals surface area contributed by atoms with Crippen molar-refractivity contribution in [1.29, 1.82) is 0 Å². The van der Waals surface area contributed by atoms with E-state index in [1.807, 2.05) is 0 Å². The standard InChI is InChI=1S/C14H14ClFN2O2/c15-11-4-3-9(6-12(11)16)13(19)8-18-14(20)7-10-2-1-5-17-10/h1-6,13,17,19H,7-8H2,(H,18,20). The van der Waals surface area contributed by atoms with Gasteiger partial charge >= 0.3 is 0 Å². The lowest BCUT2D eigenvalue weighted by Gasteiger charge is -2.12. The molecule has 20 heavy (non-hydrogen) atoms. The van der Waals surface area contributed by atoms with Gasteiger partial charge in [-0.25, -0.2) is 4.39 Å². The van der Waals surface area contributed by atoms with Gasteiger partial charge in [-0.1, -0.05) is 17.7 Å². The van der Waals surface area contributed by atoms with Crippen molar-refractivity contribution in [2.24, 2.45) is 0 Å². The molecule has 0 aliphatic rings. The van der Waals surface area contributed by atoms with Crippen molar-refractivity contribution in [1.82, 2.24) is 10.3 Å². The Balaban J connectivity index is 1.86. The molecule has 1 heterocycles. The van der Waals surface area contributed by atoms with Gasteiger partial charge < -0.3 is 15.4 Å².